The van der Waals surface area contributed by atoms with Crippen molar-refractivity contribution < 1.29 is 9.53 Å². The largest absolute Gasteiger partial charge is 0.365 e. The first-order valence-corrected chi connectivity index (χ1v) is 7.34. The van der Waals surface area contributed by atoms with Crippen molar-refractivity contribution in [3.05, 3.63) is 16.4 Å². The van der Waals surface area contributed by atoms with Gasteiger partial charge in [-0.15, -0.1) is 0 Å². The lowest BCUT2D eigenvalue weighted by Gasteiger charge is -2.34. The van der Waals surface area contributed by atoms with Crippen LogP contribution >= 0.6 is 15.9 Å². The molecule has 1 atom stereocenters. The van der Waals surface area contributed by atoms with Crippen LogP contribution in [0.25, 0.3) is 0 Å². The van der Waals surface area contributed by atoms with Gasteiger partial charge in [0, 0.05) is 19.5 Å². The second-order valence-corrected chi connectivity index (χ2v) is 5.74. The van der Waals surface area contributed by atoms with Gasteiger partial charge in [-0.1, -0.05) is 0 Å². The Morgan fingerprint density at radius 1 is 1.63 bits per heavy atom. The first-order chi connectivity index (χ1) is 9.14. The smallest absolute Gasteiger partial charge is 0.317 e. The van der Waals surface area contributed by atoms with Crippen molar-refractivity contribution in [2.45, 2.75) is 25.5 Å². The number of carbonyl (C=O) groups is 1. The van der Waals surface area contributed by atoms with Gasteiger partial charge < -0.3 is 15.0 Å². The number of urea groups is 1. The Kier molecular flexibility index (Phi) is 3.26. The van der Waals surface area contributed by atoms with E-state index in [0.29, 0.717) is 26.2 Å². The van der Waals surface area contributed by atoms with E-state index >= 15 is 0 Å². The number of aromatic nitrogens is 2. The molecule has 6 nitrogen and oxygen atoms in total. The van der Waals surface area contributed by atoms with Gasteiger partial charge >= 0.3 is 6.03 Å². The summed E-state index contributed by atoms with van der Waals surface area (Å²) in [5.41, 5.74) is 0.681. The number of hydrogen-bond donors (Lipinski definition) is 1. The van der Waals surface area contributed by atoms with Gasteiger partial charge in [0.05, 0.1) is 25.4 Å². The number of fused-ring (bicyclic) bond motifs is 2. The molecule has 7 heteroatoms. The molecule has 0 bridgehead atoms. The summed E-state index contributed by atoms with van der Waals surface area (Å²) >= 11 is 3.41. The lowest BCUT2D eigenvalue weighted by molar-refractivity contribution is -0.0701. The van der Waals surface area contributed by atoms with Crippen molar-refractivity contribution in [1.29, 1.82) is 0 Å². The van der Waals surface area contributed by atoms with Gasteiger partial charge in [0.2, 0.25) is 0 Å². The third kappa shape index (κ3) is 2.14. The van der Waals surface area contributed by atoms with Crippen LogP contribution in [0.15, 0.2) is 10.7 Å². The molecule has 0 aliphatic carbocycles. The number of nitrogens with one attached hydrogen (secondary N) is 1. The number of halogens is 1. The van der Waals surface area contributed by atoms with Crippen LogP contribution in [0.5, 0.6) is 0 Å². The molecule has 1 unspecified atom stereocenters. The average molecular weight is 329 g/mol. The van der Waals surface area contributed by atoms with Crippen LogP contribution in [0, 0.1) is 0 Å². The zero-order valence-electron chi connectivity index (χ0n) is 10.9. The first-order valence-electron chi connectivity index (χ1n) is 6.55. The van der Waals surface area contributed by atoms with Gasteiger partial charge in [0.1, 0.15) is 10.2 Å². The second-order valence-electron chi connectivity index (χ2n) is 4.93. The molecule has 104 valence electrons. The molecular weight excluding hydrogens is 312 g/mol. The molecule has 1 aromatic heterocycles. The number of amides is 2. The van der Waals surface area contributed by atoms with E-state index in [0.717, 1.165) is 23.3 Å². The van der Waals surface area contributed by atoms with Crippen molar-refractivity contribution in [3.8, 4) is 0 Å². The normalized spacial score (nSPS) is 25.7. The third-order valence-electron chi connectivity index (χ3n) is 3.75. The van der Waals surface area contributed by atoms with E-state index in [1.54, 1.807) is 0 Å². The highest BCUT2D eigenvalue weighted by Crippen LogP contribution is 2.39. The van der Waals surface area contributed by atoms with Gasteiger partial charge in [0.25, 0.3) is 0 Å². The predicted molar refractivity (Wildman–Crippen MR) is 72.8 cm³/mol. The number of hydrogen-bond acceptors (Lipinski definition) is 3. The van der Waals surface area contributed by atoms with Crippen molar-refractivity contribution >= 4 is 22.0 Å². The van der Waals surface area contributed by atoms with Crippen LogP contribution in [-0.4, -0.2) is 47.0 Å². The highest BCUT2D eigenvalue weighted by molar-refractivity contribution is 9.10. The van der Waals surface area contributed by atoms with Crippen molar-refractivity contribution in [3.63, 3.8) is 0 Å². The van der Waals surface area contributed by atoms with E-state index in [-0.39, 0.29) is 11.6 Å². The molecular formula is C12H17BrN4O2. The fourth-order valence-electron chi connectivity index (χ4n) is 2.87. The van der Waals surface area contributed by atoms with Crippen molar-refractivity contribution in [2.24, 2.45) is 0 Å². The molecule has 0 saturated carbocycles. The Balaban J connectivity index is 1.85. The Hall–Kier alpha value is -1.08. The van der Waals surface area contributed by atoms with Crippen LogP contribution < -0.4 is 5.32 Å². The van der Waals surface area contributed by atoms with Gasteiger partial charge in [-0.2, -0.15) is 5.10 Å². The van der Waals surface area contributed by atoms with Crippen molar-refractivity contribution in [1.82, 2.24) is 20.0 Å². The number of likely N-dealkylation sites (tertiary alicyclic amines) is 1. The number of nitrogens with zero attached hydrogens (tertiary/aromatic N) is 3. The van der Waals surface area contributed by atoms with Crippen LogP contribution in [0.3, 0.4) is 0 Å². The molecule has 2 aliphatic rings. The minimum Gasteiger partial charge on any atom is -0.365 e. The quantitative estimate of drug-likeness (QED) is 0.845. The fraction of sp³-hybridized carbons (Fsp3) is 0.667. The van der Waals surface area contributed by atoms with Gasteiger partial charge in [-0.25, -0.2) is 4.79 Å². The van der Waals surface area contributed by atoms with E-state index in [4.69, 9.17) is 4.74 Å². The Bertz CT molecular complexity index is 504. The number of rotatable bonds is 1. The first kappa shape index (κ1) is 12.9. The highest BCUT2D eigenvalue weighted by atomic mass is 79.9. The lowest BCUT2D eigenvalue weighted by Crippen LogP contribution is -2.44. The Morgan fingerprint density at radius 3 is 3.26 bits per heavy atom. The molecule has 1 spiro atoms. The molecule has 0 radical (unpaired) electrons. The third-order valence-corrected chi connectivity index (χ3v) is 4.13. The summed E-state index contributed by atoms with van der Waals surface area (Å²) in [5.74, 6) is 0. The van der Waals surface area contributed by atoms with Crippen LogP contribution in [0.2, 0.25) is 0 Å². The van der Waals surface area contributed by atoms with Crippen LogP contribution in [0.4, 0.5) is 4.79 Å². The molecule has 1 fully saturated rings. The number of carbonyl (C=O) groups excluding carboxylic acids is 1. The van der Waals surface area contributed by atoms with E-state index in [9.17, 15) is 4.79 Å². The molecule has 19 heavy (non-hydrogen) atoms. The second kappa shape index (κ2) is 4.79. The van der Waals surface area contributed by atoms with Gasteiger partial charge in [0.15, 0.2) is 0 Å². The average Bonchev–Trinajstić information content (AvgIpc) is 2.95. The van der Waals surface area contributed by atoms with E-state index in [1.807, 2.05) is 22.6 Å². The van der Waals surface area contributed by atoms with E-state index in [1.165, 1.54) is 0 Å². The summed E-state index contributed by atoms with van der Waals surface area (Å²) in [6.45, 7) is 5.29. The number of ether oxygens (including phenoxy) is 1. The lowest BCUT2D eigenvalue weighted by atomic mass is 9.97. The molecule has 2 aliphatic heterocycles. The fourth-order valence-corrected chi connectivity index (χ4v) is 3.28. The Morgan fingerprint density at radius 2 is 2.47 bits per heavy atom. The van der Waals surface area contributed by atoms with Crippen LogP contribution in [0.1, 0.15) is 19.0 Å². The maximum absolute atomic E-state index is 11.9. The molecule has 2 amide bonds. The zero-order chi connectivity index (χ0) is 13.5. The zero-order valence-corrected chi connectivity index (χ0v) is 12.4. The van der Waals surface area contributed by atoms with Gasteiger partial charge in [-0.3, -0.25) is 4.68 Å². The maximum atomic E-state index is 11.9. The topological polar surface area (TPSA) is 59.4 Å². The van der Waals surface area contributed by atoms with E-state index in [2.05, 4.69) is 26.3 Å². The SMILES string of the molecule is CCNC(=O)N1CCC2(C1)OCCn1nc(Br)cc12. The van der Waals surface area contributed by atoms with Crippen molar-refractivity contribution in [2.75, 3.05) is 26.2 Å². The summed E-state index contributed by atoms with van der Waals surface area (Å²) in [6, 6.07) is 1.99. The molecule has 3 rings (SSSR count). The van der Waals surface area contributed by atoms with Crippen LogP contribution in [-0.2, 0) is 16.9 Å². The monoisotopic (exact) mass is 328 g/mol. The standard InChI is InChI=1S/C12H17BrN4O2/c1-2-14-11(18)16-4-3-12(8-16)9-7-10(13)15-17(9)5-6-19-12/h7H,2-6,8H2,1H3,(H,14,18). The Labute approximate surface area is 120 Å². The van der Waals surface area contributed by atoms with E-state index < -0.39 is 0 Å². The predicted octanol–water partition coefficient (Wildman–Crippen LogP) is 1.31. The maximum Gasteiger partial charge on any atom is 0.317 e. The summed E-state index contributed by atoms with van der Waals surface area (Å²) in [6.07, 6.45) is 0.822. The minimum absolute atomic E-state index is 0.0151. The summed E-state index contributed by atoms with van der Waals surface area (Å²) in [7, 11) is 0. The minimum atomic E-state index is -0.387. The molecule has 1 N–H and O–H groups in total. The molecule has 3 heterocycles. The highest BCUT2D eigenvalue weighted by Gasteiger charge is 2.46. The summed E-state index contributed by atoms with van der Waals surface area (Å²) < 4.78 is 8.83. The molecule has 1 aromatic rings. The molecule has 0 aromatic carbocycles. The summed E-state index contributed by atoms with van der Waals surface area (Å²) in [5, 5.41) is 7.25. The summed E-state index contributed by atoms with van der Waals surface area (Å²) in [4.78, 5) is 13.7. The van der Waals surface area contributed by atoms with Gasteiger partial charge in [-0.05, 0) is 28.9 Å². The molecule has 1 saturated heterocycles.